The quantitative estimate of drug-likeness (QED) is 0.396. The predicted molar refractivity (Wildman–Crippen MR) is 111 cm³/mol. The summed E-state index contributed by atoms with van der Waals surface area (Å²) in [6, 6.07) is 0.293. The van der Waals surface area contributed by atoms with Crippen LogP contribution in [0.3, 0.4) is 0 Å². The lowest BCUT2D eigenvalue weighted by atomic mass is 9.95. The number of carbonyl (C=O) groups excluding carboxylic acids is 3. The van der Waals surface area contributed by atoms with Crippen LogP contribution in [0.5, 0.6) is 0 Å². The number of thioether (sulfide) groups is 1. The highest BCUT2D eigenvalue weighted by Crippen LogP contribution is 2.35. The fourth-order valence-corrected chi connectivity index (χ4v) is 4.83. The van der Waals surface area contributed by atoms with E-state index < -0.39 is 0 Å². The van der Waals surface area contributed by atoms with Gasteiger partial charge < -0.3 is 20.1 Å². The van der Waals surface area contributed by atoms with Crippen LogP contribution in [0.1, 0.15) is 52.9 Å². The van der Waals surface area contributed by atoms with E-state index in [0.29, 0.717) is 50.0 Å². The maximum absolute atomic E-state index is 11.8. The van der Waals surface area contributed by atoms with E-state index in [4.69, 9.17) is 9.47 Å². The molecule has 1 aliphatic heterocycles. The summed E-state index contributed by atoms with van der Waals surface area (Å²) in [6.07, 6.45) is 4.75. The molecule has 3 atom stereocenters. The van der Waals surface area contributed by atoms with E-state index >= 15 is 0 Å². The van der Waals surface area contributed by atoms with Crippen molar-refractivity contribution < 1.29 is 23.9 Å². The van der Waals surface area contributed by atoms with Crippen LogP contribution < -0.4 is 10.6 Å². The van der Waals surface area contributed by atoms with E-state index in [0.717, 1.165) is 31.4 Å². The molecule has 0 aliphatic carbocycles. The topological polar surface area (TPSA) is 93.7 Å². The van der Waals surface area contributed by atoms with Crippen LogP contribution in [0.2, 0.25) is 0 Å². The third-order valence-electron chi connectivity index (χ3n) is 4.74. The van der Waals surface area contributed by atoms with Crippen molar-refractivity contribution in [2.75, 3.05) is 38.7 Å². The molecule has 1 saturated heterocycles. The maximum Gasteiger partial charge on any atom is 0.220 e. The minimum atomic E-state index is -0.00189. The van der Waals surface area contributed by atoms with E-state index in [1.54, 1.807) is 6.92 Å². The summed E-state index contributed by atoms with van der Waals surface area (Å²) in [5, 5.41) is 6.49. The van der Waals surface area contributed by atoms with Crippen molar-refractivity contribution in [2.24, 2.45) is 5.92 Å². The summed E-state index contributed by atoms with van der Waals surface area (Å²) in [4.78, 5) is 33.7. The van der Waals surface area contributed by atoms with Gasteiger partial charge in [-0.05, 0) is 25.7 Å². The molecule has 0 radical (unpaired) electrons. The zero-order valence-electron chi connectivity index (χ0n) is 17.5. The van der Waals surface area contributed by atoms with Crippen LogP contribution in [0.4, 0.5) is 0 Å². The Morgan fingerprint density at radius 2 is 1.79 bits per heavy atom. The number of Topliss-reactive ketones (excluding diaryl/α,β-unsaturated/α-hetero) is 1. The molecule has 2 amide bonds. The van der Waals surface area contributed by atoms with Gasteiger partial charge in [-0.3, -0.25) is 14.4 Å². The smallest absolute Gasteiger partial charge is 0.220 e. The van der Waals surface area contributed by atoms with Crippen LogP contribution in [0.25, 0.3) is 0 Å². The van der Waals surface area contributed by atoms with Crippen molar-refractivity contribution in [1.29, 1.82) is 0 Å². The van der Waals surface area contributed by atoms with E-state index in [9.17, 15) is 14.4 Å². The number of amides is 2. The van der Waals surface area contributed by atoms with Crippen molar-refractivity contribution in [3.8, 4) is 0 Å². The molecule has 1 rings (SSSR count). The molecule has 1 fully saturated rings. The Hall–Kier alpha value is -1.12. The molecule has 162 valence electrons. The largest absolute Gasteiger partial charge is 0.377 e. The Bertz CT molecular complexity index is 489. The number of unbranched alkanes of at least 4 members (excludes halogenated alkanes) is 2. The summed E-state index contributed by atoms with van der Waals surface area (Å²) in [7, 11) is 0. The molecule has 0 aromatic heterocycles. The average molecular weight is 417 g/mol. The lowest BCUT2D eigenvalue weighted by Crippen LogP contribution is -2.38. The molecule has 7 nitrogen and oxygen atoms in total. The average Bonchev–Trinajstić information content (AvgIpc) is 2.96. The van der Waals surface area contributed by atoms with Crippen molar-refractivity contribution >= 4 is 29.4 Å². The molecule has 0 aromatic carbocycles. The number of ketones is 1. The molecule has 28 heavy (non-hydrogen) atoms. The molecule has 0 saturated carbocycles. The van der Waals surface area contributed by atoms with Gasteiger partial charge in [-0.25, -0.2) is 0 Å². The number of hydrogen-bond acceptors (Lipinski definition) is 6. The summed E-state index contributed by atoms with van der Waals surface area (Å²) < 4.78 is 10.4. The molecule has 0 spiro atoms. The van der Waals surface area contributed by atoms with E-state index in [1.165, 1.54) is 6.92 Å². The molecule has 0 bridgehead atoms. The van der Waals surface area contributed by atoms with Gasteiger partial charge in [0.2, 0.25) is 11.8 Å². The normalized spacial score (nSPS) is 21.5. The Balaban J connectivity index is 1.93. The van der Waals surface area contributed by atoms with E-state index in [-0.39, 0.29) is 24.2 Å². The van der Waals surface area contributed by atoms with Gasteiger partial charge in [-0.2, -0.15) is 11.8 Å². The minimum Gasteiger partial charge on any atom is -0.377 e. The van der Waals surface area contributed by atoms with Crippen LogP contribution in [0.15, 0.2) is 0 Å². The Kier molecular flexibility index (Phi) is 13.2. The second-order valence-electron chi connectivity index (χ2n) is 7.35. The molecule has 1 heterocycles. The molecule has 1 aliphatic rings. The summed E-state index contributed by atoms with van der Waals surface area (Å²) in [6.45, 7) is 7.14. The second-order valence-corrected chi connectivity index (χ2v) is 8.63. The number of hydrogen-bond donors (Lipinski definition) is 2. The lowest BCUT2D eigenvalue weighted by Gasteiger charge is -2.20. The fourth-order valence-electron chi connectivity index (χ4n) is 3.17. The van der Waals surface area contributed by atoms with Crippen LogP contribution in [0, 0.1) is 5.92 Å². The van der Waals surface area contributed by atoms with Crippen LogP contribution >= 0.6 is 11.8 Å². The van der Waals surface area contributed by atoms with Crippen LogP contribution in [-0.2, 0) is 23.9 Å². The lowest BCUT2D eigenvalue weighted by molar-refractivity contribution is -0.123. The first kappa shape index (κ1) is 24.9. The molecule has 8 heteroatoms. The van der Waals surface area contributed by atoms with Gasteiger partial charge in [-0.1, -0.05) is 19.8 Å². The first-order valence-corrected chi connectivity index (χ1v) is 11.3. The van der Waals surface area contributed by atoms with Gasteiger partial charge in [0.25, 0.3) is 0 Å². The minimum absolute atomic E-state index is 0.00189. The molecular formula is C20H36N2O5S. The van der Waals surface area contributed by atoms with Crippen LogP contribution in [-0.4, -0.2) is 67.6 Å². The zero-order valence-corrected chi connectivity index (χ0v) is 18.3. The molecular weight excluding hydrogens is 380 g/mol. The third-order valence-corrected chi connectivity index (χ3v) is 6.38. The van der Waals surface area contributed by atoms with Crippen molar-refractivity contribution in [2.45, 2.75) is 64.2 Å². The molecule has 2 N–H and O–H groups in total. The monoisotopic (exact) mass is 416 g/mol. The molecule has 0 aromatic rings. The fraction of sp³-hybridized carbons (Fsp3) is 0.850. The van der Waals surface area contributed by atoms with Crippen molar-refractivity contribution in [1.82, 2.24) is 10.6 Å². The first-order chi connectivity index (χ1) is 13.4. The van der Waals surface area contributed by atoms with Gasteiger partial charge >= 0.3 is 0 Å². The van der Waals surface area contributed by atoms with E-state index in [1.807, 2.05) is 11.8 Å². The van der Waals surface area contributed by atoms with E-state index in [2.05, 4.69) is 17.6 Å². The predicted octanol–water partition coefficient (Wildman–Crippen LogP) is 1.93. The number of rotatable bonds is 15. The number of nitrogens with one attached hydrogen (secondary N) is 2. The summed E-state index contributed by atoms with van der Waals surface area (Å²) >= 11 is 1.95. The highest BCUT2D eigenvalue weighted by atomic mass is 32.2. The number of carbonyl (C=O) groups is 3. The first-order valence-electron chi connectivity index (χ1n) is 10.2. The highest BCUT2D eigenvalue weighted by molar-refractivity contribution is 8.00. The van der Waals surface area contributed by atoms with Gasteiger partial charge in [0, 0.05) is 36.9 Å². The SMILES string of the molecule is CC(=O)COCCOCCNC(=O)CCCCC[C@@H]1SC[C@H](NC(C)=O)[C@@H]1C. The van der Waals surface area contributed by atoms with Crippen molar-refractivity contribution in [3.05, 3.63) is 0 Å². The van der Waals surface area contributed by atoms with Gasteiger partial charge in [0.05, 0.1) is 19.8 Å². The highest BCUT2D eigenvalue weighted by Gasteiger charge is 2.33. The standard InChI is InChI=1S/C20H36N2O5S/c1-15(23)13-27-12-11-26-10-9-21-20(25)8-6-4-5-7-19-16(2)18(14-28-19)22-17(3)24/h16,18-19H,4-14H2,1-3H3,(H,21,25)(H,22,24)/t16-,18-,19-/m0/s1. The molecule has 0 unspecified atom stereocenters. The summed E-state index contributed by atoms with van der Waals surface area (Å²) in [5.41, 5.74) is 0. The summed E-state index contributed by atoms with van der Waals surface area (Å²) in [5.74, 6) is 1.61. The van der Waals surface area contributed by atoms with Crippen molar-refractivity contribution in [3.63, 3.8) is 0 Å². The Labute approximate surface area is 173 Å². The Morgan fingerprint density at radius 3 is 2.50 bits per heavy atom. The third kappa shape index (κ3) is 11.7. The number of ether oxygens (including phenoxy) is 2. The van der Waals surface area contributed by atoms with Gasteiger partial charge in [-0.15, -0.1) is 0 Å². The van der Waals surface area contributed by atoms with Gasteiger partial charge in [0.15, 0.2) is 5.78 Å². The van der Waals surface area contributed by atoms with Gasteiger partial charge in [0.1, 0.15) is 6.61 Å². The maximum atomic E-state index is 11.8. The Morgan fingerprint density at radius 1 is 1.04 bits per heavy atom. The second kappa shape index (κ2) is 14.8. The zero-order chi connectivity index (χ0) is 20.8.